The van der Waals surface area contributed by atoms with Crippen molar-refractivity contribution in [2.75, 3.05) is 0 Å². The molecule has 1 aromatic carbocycles. The van der Waals surface area contributed by atoms with Crippen LogP contribution in [0, 0.1) is 0 Å². The van der Waals surface area contributed by atoms with Crippen LogP contribution in [-0.4, -0.2) is 12.4 Å². The fourth-order valence-electron chi connectivity index (χ4n) is 2.27. The van der Waals surface area contributed by atoms with Crippen LogP contribution in [0.15, 0.2) is 30.4 Å². The lowest BCUT2D eigenvalue weighted by molar-refractivity contribution is 0.111. The van der Waals surface area contributed by atoms with Crippen molar-refractivity contribution < 1.29 is 9.53 Å². The summed E-state index contributed by atoms with van der Waals surface area (Å²) in [6.07, 6.45) is 6.36. The summed E-state index contributed by atoms with van der Waals surface area (Å²) in [7, 11) is 0. The number of rotatable bonds is 1. The number of carbonyl (C=O) groups excluding carboxylic acids is 1. The van der Waals surface area contributed by atoms with Gasteiger partial charge in [-0.1, -0.05) is 24.3 Å². The van der Waals surface area contributed by atoms with E-state index in [9.17, 15) is 4.79 Å². The first-order valence-electron chi connectivity index (χ1n) is 4.81. The zero-order valence-corrected chi connectivity index (χ0v) is 7.64. The maximum absolute atomic E-state index is 10.8. The van der Waals surface area contributed by atoms with Crippen molar-refractivity contribution in [2.45, 2.75) is 18.4 Å². The van der Waals surface area contributed by atoms with E-state index in [4.69, 9.17) is 4.74 Å². The zero-order valence-electron chi connectivity index (χ0n) is 7.64. The van der Waals surface area contributed by atoms with Crippen molar-refractivity contribution in [1.82, 2.24) is 0 Å². The molecule has 0 spiro atoms. The Hall–Kier alpha value is -1.57. The van der Waals surface area contributed by atoms with Crippen LogP contribution in [-0.2, 0) is 0 Å². The third-order valence-corrected chi connectivity index (χ3v) is 2.94. The van der Waals surface area contributed by atoms with Crippen LogP contribution < -0.4 is 4.74 Å². The van der Waals surface area contributed by atoms with E-state index in [0.717, 1.165) is 24.0 Å². The fraction of sp³-hybridized carbons (Fsp3) is 0.250. The summed E-state index contributed by atoms with van der Waals surface area (Å²) in [4.78, 5) is 10.8. The number of fused-ring (bicyclic) bond motifs is 3. The predicted molar refractivity (Wildman–Crippen MR) is 52.7 cm³/mol. The average molecular weight is 186 g/mol. The molecular weight excluding hydrogens is 176 g/mol. The highest BCUT2D eigenvalue weighted by atomic mass is 16.5. The monoisotopic (exact) mass is 186 g/mol. The van der Waals surface area contributed by atoms with Gasteiger partial charge >= 0.3 is 0 Å². The Kier molecular flexibility index (Phi) is 1.51. The Morgan fingerprint density at radius 3 is 3.21 bits per heavy atom. The maximum Gasteiger partial charge on any atom is 0.153 e. The Labute approximate surface area is 82.2 Å². The molecule has 2 unspecified atom stereocenters. The third kappa shape index (κ3) is 0.882. The predicted octanol–water partition coefficient (Wildman–Crippen LogP) is 2.30. The first kappa shape index (κ1) is 7.80. The molecular formula is C12H10O2. The SMILES string of the molecule is O=Cc1cccc2c1OC1CC=CC21. The van der Waals surface area contributed by atoms with Crippen LogP contribution in [0.2, 0.25) is 0 Å². The Morgan fingerprint density at radius 2 is 2.36 bits per heavy atom. The molecule has 0 saturated heterocycles. The highest BCUT2D eigenvalue weighted by Crippen LogP contribution is 2.44. The molecule has 0 N–H and O–H groups in total. The largest absolute Gasteiger partial charge is 0.488 e. The number of aldehydes is 1. The molecule has 1 aromatic rings. The first-order valence-corrected chi connectivity index (χ1v) is 4.81. The van der Waals surface area contributed by atoms with Crippen LogP contribution in [0.3, 0.4) is 0 Å². The quantitative estimate of drug-likeness (QED) is 0.497. The van der Waals surface area contributed by atoms with Gasteiger partial charge in [0.25, 0.3) is 0 Å². The van der Waals surface area contributed by atoms with E-state index < -0.39 is 0 Å². The minimum Gasteiger partial charge on any atom is -0.488 e. The van der Waals surface area contributed by atoms with Gasteiger partial charge in [0, 0.05) is 17.9 Å². The van der Waals surface area contributed by atoms with Crippen molar-refractivity contribution in [1.29, 1.82) is 0 Å². The highest BCUT2D eigenvalue weighted by Gasteiger charge is 2.35. The summed E-state index contributed by atoms with van der Waals surface area (Å²) >= 11 is 0. The Morgan fingerprint density at radius 1 is 1.43 bits per heavy atom. The molecule has 70 valence electrons. The van der Waals surface area contributed by atoms with Crippen molar-refractivity contribution in [3.8, 4) is 5.75 Å². The van der Waals surface area contributed by atoms with Gasteiger partial charge in [0.2, 0.25) is 0 Å². The van der Waals surface area contributed by atoms with E-state index >= 15 is 0 Å². The molecule has 1 aliphatic carbocycles. The molecule has 0 aromatic heterocycles. The number of para-hydroxylation sites is 1. The van der Waals surface area contributed by atoms with Gasteiger partial charge in [-0.3, -0.25) is 4.79 Å². The van der Waals surface area contributed by atoms with Gasteiger partial charge in [0.05, 0.1) is 5.56 Å². The normalized spacial score (nSPS) is 26.9. The fourth-order valence-corrected chi connectivity index (χ4v) is 2.27. The average Bonchev–Trinajstić information content (AvgIpc) is 2.76. The second-order valence-corrected chi connectivity index (χ2v) is 3.73. The lowest BCUT2D eigenvalue weighted by Crippen LogP contribution is -2.11. The molecule has 3 rings (SSSR count). The molecule has 1 aliphatic heterocycles. The molecule has 2 nitrogen and oxygen atoms in total. The third-order valence-electron chi connectivity index (χ3n) is 2.94. The molecule has 2 atom stereocenters. The molecule has 0 saturated carbocycles. The van der Waals surface area contributed by atoms with Crippen LogP contribution in [0.5, 0.6) is 5.75 Å². The summed E-state index contributed by atoms with van der Waals surface area (Å²) in [5.74, 6) is 1.16. The number of hydrogen-bond acceptors (Lipinski definition) is 2. The molecule has 0 fully saturated rings. The number of carbonyl (C=O) groups is 1. The van der Waals surface area contributed by atoms with Gasteiger partial charge in [-0.25, -0.2) is 0 Å². The van der Waals surface area contributed by atoms with Gasteiger partial charge in [0.1, 0.15) is 11.9 Å². The van der Waals surface area contributed by atoms with Crippen LogP contribution in [0.4, 0.5) is 0 Å². The van der Waals surface area contributed by atoms with E-state index in [0.29, 0.717) is 11.5 Å². The molecule has 2 aliphatic rings. The van der Waals surface area contributed by atoms with Gasteiger partial charge < -0.3 is 4.74 Å². The molecule has 14 heavy (non-hydrogen) atoms. The summed E-state index contributed by atoms with van der Waals surface area (Å²) in [6, 6.07) is 5.76. The van der Waals surface area contributed by atoms with Gasteiger partial charge in [0.15, 0.2) is 6.29 Å². The standard InChI is InChI=1S/C12H10O2/c13-7-8-3-1-5-10-9-4-2-6-11(9)14-12(8)10/h1-5,7,9,11H,6H2. The molecule has 1 heterocycles. The number of benzene rings is 1. The second kappa shape index (κ2) is 2.71. The first-order chi connectivity index (χ1) is 6.90. The van der Waals surface area contributed by atoms with Crippen molar-refractivity contribution in [2.24, 2.45) is 0 Å². The summed E-state index contributed by atoms with van der Waals surface area (Å²) < 4.78 is 5.76. The van der Waals surface area contributed by atoms with Gasteiger partial charge in [-0.2, -0.15) is 0 Å². The molecule has 0 amide bonds. The molecule has 2 heteroatoms. The second-order valence-electron chi connectivity index (χ2n) is 3.73. The Bertz CT molecular complexity index is 420. The van der Waals surface area contributed by atoms with Crippen LogP contribution in [0.1, 0.15) is 28.3 Å². The van der Waals surface area contributed by atoms with Crippen LogP contribution in [0.25, 0.3) is 0 Å². The van der Waals surface area contributed by atoms with Gasteiger partial charge in [-0.05, 0) is 6.07 Å². The van der Waals surface area contributed by atoms with E-state index in [1.54, 1.807) is 6.07 Å². The van der Waals surface area contributed by atoms with Gasteiger partial charge in [-0.15, -0.1) is 0 Å². The molecule has 0 radical (unpaired) electrons. The van der Waals surface area contributed by atoms with Crippen LogP contribution >= 0.6 is 0 Å². The van der Waals surface area contributed by atoms with Crippen molar-refractivity contribution >= 4 is 6.29 Å². The van der Waals surface area contributed by atoms with Crippen molar-refractivity contribution in [3.63, 3.8) is 0 Å². The lowest BCUT2D eigenvalue weighted by Gasteiger charge is -2.07. The summed E-state index contributed by atoms with van der Waals surface area (Å²) in [5.41, 5.74) is 1.83. The van der Waals surface area contributed by atoms with Crippen molar-refractivity contribution in [3.05, 3.63) is 41.5 Å². The summed E-state index contributed by atoms with van der Waals surface area (Å²) in [6.45, 7) is 0. The highest BCUT2D eigenvalue weighted by molar-refractivity contribution is 5.81. The van der Waals surface area contributed by atoms with E-state index in [2.05, 4.69) is 12.2 Å². The zero-order chi connectivity index (χ0) is 9.54. The topological polar surface area (TPSA) is 26.3 Å². The molecule has 0 bridgehead atoms. The minimum atomic E-state index is 0.228. The number of ether oxygens (including phenoxy) is 1. The smallest absolute Gasteiger partial charge is 0.153 e. The maximum atomic E-state index is 10.8. The minimum absolute atomic E-state index is 0.228. The summed E-state index contributed by atoms with van der Waals surface area (Å²) in [5, 5.41) is 0. The van der Waals surface area contributed by atoms with E-state index in [1.165, 1.54) is 0 Å². The van der Waals surface area contributed by atoms with E-state index in [-0.39, 0.29) is 6.10 Å². The number of hydrogen-bond donors (Lipinski definition) is 0. The lowest BCUT2D eigenvalue weighted by atomic mass is 9.97. The Balaban J connectivity index is 2.17. The van der Waals surface area contributed by atoms with E-state index in [1.807, 2.05) is 12.1 Å².